The zero-order valence-electron chi connectivity index (χ0n) is 14.0. The quantitative estimate of drug-likeness (QED) is 0.901. The Hall–Kier alpha value is -1.16. The predicted molar refractivity (Wildman–Crippen MR) is 85.2 cm³/mol. The van der Waals surface area contributed by atoms with Crippen LogP contribution < -0.4 is 10.1 Å². The van der Waals surface area contributed by atoms with Crippen LogP contribution in [0.4, 0.5) is 0 Å². The van der Waals surface area contributed by atoms with Gasteiger partial charge in [-0.15, -0.1) is 0 Å². The van der Waals surface area contributed by atoms with Crippen LogP contribution in [0.25, 0.3) is 0 Å². The topological polar surface area (TPSA) is 47.0 Å². The maximum absolute atomic E-state index is 6.11. The van der Waals surface area contributed by atoms with Crippen LogP contribution in [0.2, 0.25) is 0 Å². The zero-order valence-corrected chi connectivity index (χ0v) is 14.0. The second-order valence-electron chi connectivity index (χ2n) is 7.54. The van der Waals surface area contributed by atoms with Gasteiger partial charge in [-0.2, -0.15) is 0 Å². The van der Waals surface area contributed by atoms with Crippen molar-refractivity contribution in [3.63, 3.8) is 0 Å². The molecule has 1 aliphatic rings. The zero-order chi connectivity index (χ0) is 15.5. The van der Waals surface area contributed by atoms with Gasteiger partial charge in [-0.3, -0.25) is 4.98 Å². The summed E-state index contributed by atoms with van der Waals surface area (Å²) in [6.07, 6.45) is 7.26. The summed E-state index contributed by atoms with van der Waals surface area (Å²) in [6.45, 7) is 11.9. The highest BCUT2D eigenvalue weighted by atomic mass is 16.5. The highest BCUT2D eigenvalue weighted by molar-refractivity contribution is 5.09. The molecule has 0 aliphatic heterocycles. The van der Waals surface area contributed by atoms with Crippen molar-refractivity contribution >= 4 is 0 Å². The fraction of sp³-hybridized carbons (Fsp3) is 0.765. The molecule has 1 saturated carbocycles. The number of ether oxygens (including phenoxy) is 1. The second kappa shape index (κ2) is 6.73. The first-order valence-electron chi connectivity index (χ1n) is 8.05. The first-order chi connectivity index (χ1) is 9.84. The van der Waals surface area contributed by atoms with Crippen LogP contribution in [0, 0.1) is 11.3 Å². The van der Waals surface area contributed by atoms with Crippen molar-refractivity contribution in [1.82, 2.24) is 15.3 Å². The molecule has 1 aromatic rings. The van der Waals surface area contributed by atoms with Crippen LogP contribution in [0.3, 0.4) is 0 Å². The van der Waals surface area contributed by atoms with Gasteiger partial charge in [-0.25, -0.2) is 4.98 Å². The van der Waals surface area contributed by atoms with Crippen LogP contribution in [-0.2, 0) is 6.54 Å². The van der Waals surface area contributed by atoms with E-state index in [2.05, 4.69) is 49.9 Å². The Kier molecular flexibility index (Phi) is 5.20. The minimum atomic E-state index is 0.256. The number of nitrogens with one attached hydrogen (secondary N) is 1. The fourth-order valence-corrected chi connectivity index (χ4v) is 3.36. The number of hydrogen-bond acceptors (Lipinski definition) is 4. The van der Waals surface area contributed by atoms with Crippen LogP contribution in [0.5, 0.6) is 5.88 Å². The standard InChI is InChI=1S/C17H29N3O/c1-12(2)19-10-14-9-18-11-16(20-14)21-15-6-13(3)7-17(4,5)8-15/h9,11-13,15,19H,6-8,10H2,1-5H3. The normalized spacial score (nSPS) is 25.0. The molecule has 0 saturated heterocycles. The smallest absolute Gasteiger partial charge is 0.232 e. The van der Waals surface area contributed by atoms with Gasteiger partial charge in [0, 0.05) is 18.8 Å². The number of rotatable bonds is 5. The SMILES string of the molecule is CC1CC(Oc2cncc(CNC(C)C)n2)CC(C)(C)C1. The summed E-state index contributed by atoms with van der Waals surface area (Å²) in [7, 11) is 0. The minimum absolute atomic E-state index is 0.256. The maximum Gasteiger partial charge on any atom is 0.232 e. The van der Waals surface area contributed by atoms with E-state index >= 15 is 0 Å². The van der Waals surface area contributed by atoms with Crippen molar-refractivity contribution in [2.75, 3.05) is 0 Å². The van der Waals surface area contributed by atoms with Crippen molar-refractivity contribution in [3.05, 3.63) is 18.1 Å². The molecule has 2 rings (SSSR count). The molecule has 1 aromatic heterocycles. The first kappa shape index (κ1) is 16.2. The fourth-order valence-electron chi connectivity index (χ4n) is 3.36. The van der Waals surface area contributed by atoms with E-state index in [1.165, 1.54) is 6.42 Å². The third kappa shape index (κ3) is 5.27. The minimum Gasteiger partial charge on any atom is -0.473 e. The van der Waals surface area contributed by atoms with E-state index < -0.39 is 0 Å². The lowest BCUT2D eigenvalue weighted by molar-refractivity contribution is 0.0528. The van der Waals surface area contributed by atoms with E-state index in [1.54, 1.807) is 12.4 Å². The van der Waals surface area contributed by atoms with Gasteiger partial charge in [-0.1, -0.05) is 34.6 Å². The van der Waals surface area contributed by atoms with Gasteiger partial charge in [0.25, 0.3) is 0 Å². The van der Waals surface area contributed by atoms with Gasteiger partial charge in [0.15, 0.2) is 0 Å². The molecule has 1 N–H and O–H groups in total. The highest BCUT2D eigenvalue weighted by Gasteiger charge is 2.33. The Morgan fingerprint density at radius 1 is 1.33 bits per heavy atom. The summed E-state index contributed by atoms with van der Waals surface area (Å²) in [4.78, 5) is 8.82. The van der Waals surface area contributed by atoms with Gasteiger partial charge >= 0.3 is 0 Å². The Balaban J connectivity index is 1.97. The molecule has 2 unspecified atom stereocenters. The van der Waals surface area contributed by atoms with E-state index in [0.29, 0.717) is 23.3 Å². The van der Waals surface area contributed by atoms with E-state index in [9.17, 15) is 0 Å². The lowest BCUT2D eigenvalue weighted by atomic mass is 9.71. The van der Waals surface area contributed by atoms with Crippen LogP contribution >= 0.6 is 0 Å². The molecule has 0 spiro atoms. The molecule has 4 nitrogen and oxygen atoms in total. The summed E-state index contributed by atoms with van der Waals surface area (Å²) >= 11 is 0. The van der Waals surface area contributed by atoms with Gasteiger partial charge in [0.1, 0.15) is 6.10 Å². The summed E-state index contributed by atoms with van der Waals surface area (Å²) in [5, 5.41) is 3.35. The van der Waals surface area contributed by atoms with Crippen molar-refractivity contribution in [2.24, 2.45) is 11.3 Å². The Morgan fingerprint density at radius 3 is 2.76 bits per heavy atom. The molecule has 118 valence electrons. The molecule has 0 amide bonds. The lowest BCUT2D eigenvalue weighted by Crippen LogP contribution is -2.34. The molecule has 21 heavy (non-hydrogen) atoms. The number of hydrogen-bond donors (Lipinski definition) is 1. The first-order valence-corrected chi connectivity index (χ1v) is 8.05. The molecule has 2 atom stereocenters. The van der Waals surface area contributed by atoms with Crippen molar-refractivity contribution in [2.45, 2.75) is 72.6 Å². The second-order valence-corrected chi connectivity index (χ2v) is 7.54. The summed E-state index contributed by atoms with van der Waals surface area (Å²) < 4.78 is 6.11. The van der Waals surface area contributed by atoms with Crippen LogP contribution in [-0.4, -0.2) is 22.1 Å². The predicted octanol–water partition coefficient (Wildman–Crippen LogP) is 3.57. The van der Waals surface area contributed by atoms with Gasteiger partial charge in [0.2, 0.25) is 5.88 Å². The number of aromatic nitrogens is 2. The van der Waals surface area contributed by atoms with E-state index in [-0.39, 0.29) is 6.10 Å². The monoisotopic (exact) mass is 291 g/mol. The molecular weight excluding hydrogens is 262 g/mol. The molecule has 0 radical (unpaired) electrons. The highest BCUT2D eigenvalue weighted by Crippen LogP contribution is 2.39. The molecule has 1 fully saturated rings. The Morgan fingerprint density at radius 2 is 2.10 bits per heavy atom. The Labute approximate surface area is 128 Å². The van der Waals surface area contributed by atoms with Crippen molar-refractivity contribution in [3.8, 4) is 5.88 Å². The maximum atomic E-state index is 6.11. The van der Waals surface area contributed by atoms with E-state index in [1.807, 2.05) is 0 Å². The summed E-state index contributed by atoms with van der Waals surface area (Å²) in [6, 6.07) is 0.441. The molecule has 1 aliphatic carbocycles. The van der Waals surface area contributed by atoms with Crippen molar-refractivity contribution < 1.29 is 4.74 Å². The number of nitrogens with zero attached hydrogens (tertiary/aromatic N) is 2. The third-order valence-corrected chi connectivity index (χ3v) is 3.99. The summed E-state index contributed by atoms with van der Waals surface area (Å²) in [5.41, 5.74) is 1.29. The van der Waals surface area contributed by atoms with Crippen LogP contribution in [0.15, 0.2) is 12.4 Å². The van der Waals surface area contributed by atoms with Gasteiger partial charge in [0.05, 0.1) is 11.9 Å². The Bertz CT molecular complexity index is 459. The lowest BCUT2D eigenvalue weighted by Gasteiger charge is -2.38. The van der Waals surface area contributed by atoms with E-state index in [4.69, 9.17) is 4.74 Å². The van der Waals surface area contributed by atoms with E-state index in [0.717, 1.165) is 25.1 Å². The average molecular weight is 291 g/mol. The molecular formula is C17H29N3O. The third-order valence-electron chi connectivity index (χ3n) is 3.99. The largest absolute Gasteiger partial charge is 0.473 e. The molecule has 0 bridgehead atoms. The van der Waals surface area contributed by atoms with Gasteiger partial charge < -0.3 is 10.1 Å². The summed E-state index contributed by atoms with van der Waals surface area (Å²) in [5.74, 6) is 1.37. The molecule has 1 heterocycles. The average Bonchev–Trinajstić information content (AvgIpc) is 2.34. The van der Waals surface area contributed by atoms with Crippen molar-refractivity contribution in [1.29, 1.82) is 0 Å². The molecule has 0 aromatic carbocycles. The molecule has 4 heteroatoms. The van der Waals surface area contributed by atoms with Crippen LogP contribution in [0.1, 0.15) is 59.6 Å². The van der Waals surface area contributed by atoms with Gasteiger partial charge in [-0.05, 0) is 30.6 Å².